The Bertz CT molecular complexity index is 1020. The predicted octanol–water partition coefficient (Wildman–Crippen LogP) is 6.01. The molecule has 220 valence electrons. The van der Waals surface area contributed by atoms with Crippen molar-refractivity contribution in [2.75, 3.05) is 19.0 Å². The van der Waals surface area contributed by atoms with E-state index in [4.69, 9.17) is 30.6 Å². The van der Waals surface area contributed by atoms with Gasteiger partial charge in [-0.05, 0) is 25.5 Å². The summed E-state index contributed by atoms with van der Waals surface area (Å²) in [4.78, 5) is 18.5. The number of halogens is 1. The van der Waals surface area contributed by atoms with Crippen LogP contribution in [-0.4, -0.2) is 64.3 Å². The Morgan fingerprint density at radius 2 is 1.69 bits per heavy atom. The average Bonchev–Trinajstić information content (AvgIpc) is 3.09. The lowest BCUT2D eigenvalue weighted by Crippen LogP contribution is -2.68. The van der Waals surface area contributed by atoms with Crippen molar-refractivity contribution >= 4 is 23.4 Å². The molecular weight excluding hydrogens is 524 g/mol. The number of carbonyl (C=O) groups is 1. The fraction of sp³-hybridized carbons (Fsp3) is 0.759. The molecule has 0 unspecified atom stereocenters. The van der Waals surface area contributed by atoms with Gasteiger partial charge in [-0.2, -0.15) is 0 Å². The molecule has 3 aliphatic rings. The van der Waals surface area contributed by atoms with Crippen LogP contribution in [0.1, 0.15) is 91.9 Å². The Labute approximate surface area is 237 Å². The van der Waals surface area contributed by atoms with Crippen LogP contribution >= 0.6 is 11.6 Å². The zero-order chi connectivity index (χ0) is 28.5. The summed E-state index contributed by atoms with van der Waals surface area (Å²) in [6.45, 7) is 8.03. The quantitative estimate of drug-likeness (QED) is 0.221. The van der Waals surface area contributed by atoms with Gasteiger partial charge in [-0.25, -0.2) is 4.79 Å². The monoisotopic (exact) mass is 568 g/mol. The highest BCUT2D eigenvalue weighted by Crippen LogP contribution is 2.82. The van der Waals surface area contributed by atoms with Crippen molar-refractivity contribution in [2.24, 2.45) is 5.41 Å². The molecule has 1 aromatic carbocycles. The second-order valence-corrected chi connectivity index (χ2v) is 12.1. The maximum absolute atomic E-state index is 12.9. The SMILES string of the molecule is CCCCCCCCCCCCO[C@H]1O[C@]23[C@@H](C)N(OC(=O)Nc4ccc(Cl)cc4OC)[C@]1(O)[C@]2(O)C3(C)C. The summed E-state index contributed by atoms with van der Waals surface area (Å²) < 4.78 is 17.5. The van der Waals surface area contributed by atoms with Crippen LogP contribution in [0, 0.1) is 5.41 Å². The van der Waals surface area contributed by atoms with Gasteiger partial charge in [-0.15, -0.1) is 0 Å². The first-order chi connectivity index (χ1) is 18.5. The summed E-state index contributed by atoms with van der Waals surface area (Å²) in [5.74, 6) is 0.358. The van der Waals surface area contributed by atoms with Gasteiger partial charge >= 0.3 is 6.09 Å². The van der Waals surface area contributed by atoms with Gasteiger partial charge in [0.15, 0.2) is 5.60 Å². The molecule has 0 aromatic heterocycles. The molecule has 0 spiro atoms. The third-order valence-electron chi connectivity index (χ3n) is 9.09. The van der Waals surface area contributed by atoms with E-state index in [0.29, 0.717) is 23.1 Å². The number of nitrogens with one attached hydrogen (secondary N) is 1. The Morgan fingerprint density at radius 3 is 2.28 bits per heavy atom. The maximum Gasteiger partial charge on any atom is 0.431 e. The number of unbranched alkanes of at least 4 members (excludes halogenated alkanes) is 9. The molecule has 4 rings (SSSR count). The smallest absolute Gasteiger partial charge is 0.431 e. The molecule has 1 aliphatic carbocycles. The van der Waals surface area contributed by atoms with Crippen LogP contribution < -0.4 is 10.1 Å². The number of amides is 1. The number of ether oxygens (including phenoxy) is 3. The van der Waals surface area contributed by atoms with Crippen LogP contribution in [0.4, 0.5) is 10.5 Å². The van der Waals surface area contributed by atoms with Crippen LogP contribution in [0.3, 0.4) is 0 Å². The summed E-state index contributed by atoms with van der Waals surface area (Å²) >= 11 is 6.01. The minimum Gasteiger partial charge on any atom is -0.495 e. The highest BCUT2D eigenvalue weighted by Gasteiger charge is 3.05. The number of nitrogens with zero attached hydrogens (tertiary/aromatic N) is 1. The van der Waals surface area contributed by atoms with Crippen LogP contribution in [-0.2, 0) is 14.3 Å². The third kappa shape index (κ3) is 4.73. The first-order valence-corrected chi connectivity index (χ1v) is 14.8. The number of benzene rings is 1. The number of piperidine rings is 1. The van der Waals surface area contributed by atoms with E-state index >= 15 is 0 Å². The summed E-state index contributed by atoms with van der Waals surface area (Å²) in [6.07, 6.45) is 9.95. The molecule has 2 bridgehead atoms. The van der Waals surface area contributed by atoms with E-state index < -0.39 is 40.8 Å². The lowest BCUT2D eigenvalue weighted by Gasteiger charge is -2.48. The first kappa shape index (κ1) is 30.3. The summed E-state index contributed by atoms with van der Waals surface area (Å²) in [6, 6.07) is 4.14. The van der Waals surface area contributed by atoms with Gasteiger partial charge in [0.05, 0.1) is 18.8 Å². The van der Waals surface area contributed by atoms with Crippen LogP contribution in [0.2, 0.25) is 5.02 Å². The van der Waals surface area contributed by atoms with E-state index in [1.165, 1.54) is 52.1 Å². The van der Waals surface area contributed by atoms with Crippen molar-refractivity contribution < 1.29 is 34.1 Å². The molecule has 3 N–H and O–H groups in total. The minimum absolute atomic E-state index is 0.350. The third-order valence-corrected chi connectivity index (χ3v) is 9.32. The van der Waals surface area contributed by atoms with Crippen LogP contribution in [0.25, 0.3) is 0 Å². The number of rotatable bonds is 15. The number of hydrogen-bond acceptors (Lipinski definition) is 8. The van der Waals surface area contributed by atoms with Crippen molar-refractivity contribution in [3.63, 3.8) is 0 Å². The lowest BCUT2D eigenvalue weighted by molar-refractivity contribution is -0.398. The number of carbonyl (C=O) groups excluding carboxylic acids is 1. The fourth-order valence-corrected chi connectivity index (χ4v) is 7.11. The molecular formula is C29H45ClN2O7. The average molecular weight is 569 g/mol. The zero-order valence-corrected chi connectivity index (χ0v) is 24.7. The van der Waals surface area contributed by atoms with Crippen molar-refractivity contribution in [2.45, 2.75) is 121 Å². The predicted molar refractivity (Wildman–Crippen MR) is 148 cm³/mol. The van der Waals surface area contributed by atoms with E-state index in [1.54, 1.807) is 25.1 Å². The van der Waals surface area contributed by atoms with Crippen molar-refractivity contribution in [1.29, 1.82) is 0 Å². The summed E-state index contributed by atoms with van der Waals surface area (Å²) in [5.41, 5.74) is -5.30. The van der Waals surface area contributed by atoms with Gasteiger partial charge in [0.25, 0.3) is 0 Å². The number of anilines is 1. The largest absolute Gasteiger partial charge is 0.495 e. The van der Waals surface area contributed by atoms with Gasteiger partial charge in [0.2, 0.25) is 12.0 Å². The zero-order valence-electron chi connectivity index (χ0n) is 23.9. The molecule has 3 fully saturated rings. The Hall–Kier alpha value is -1.62. The molecule has 1 aromatic rings. The molecule has 1 saturated carbocycles. The van der Waals surface area contributed by atoms with E-state index in [-0.39, 0.29) is 0 Å². The molecule has 39 heavy (non-hydrogen) atoms. The van der Waals surface area contributed by atoms with Gasteiger partial charge in [-0.1, -0.05) is 95.2 Å². The highest BCUT2D eigenvalue weighted by molar-refractivity contribution is 6.30. The van der Waals surface area contributed by atoms with Gasteiger partial charge < -0.3 is 29.3 Å². The van der Waals surface area contributed by atoms with E-state index in [2.05, 4.69) is 12.2 Å². The van der Waals surface area contributed by atoms with Crippen LogP contribution in [0.5, 0.6) is 5.75 Å². The Morgan fingerprint density at radius 1 is 1.08 bits per heavy atom. The Balaban J connectivity index is 1.33. The first-order valence-electron chi connectivity index (χ1n) is 14.4. The second-order valence-electron chi connectivity index (χ2n) is 11.6. The fourth-order valence-electron chi connectivity index (χ4n) is 6.95. The topological polar surface area (TPSA) is 110 Å². The van der Waals surface area contributed by atoms with Gasteiger partial charge in [0.1, 0.15) is 11.4 Å². The molecule has 9 nitrogen and oxygen atoms in total. The molecule has 10 heteroatoms. The number of morpholine rings is 1. The second kappa shape index (κ2) is 11.7. The number of aliphatic hydroxyl groups is 2. The lowest BCUT2D eigenvalue weighted by atomic mass is 9.92. The van der Waals surface area contributed by atoms with Gasteiger partial charge in [-0.3, -0.25) is 5.32 Å². The van der Waals surface area contributed by atoms with E-state index in [1.807, 2.05) is 13.8 Å². The number of hydroxylamine groups is 2. The summed E-state index contributed by atoms with van der Waals surface area (Å²) in [5, 5.41) is 27.8. The molecule has 1 amide bonds. The molecule has 0 radical (unpaired) electrons. The standard InChI is InChI=1S/C29H45ClN2O7/c1-6-7-8-9-10-11-12-13-14-15-18-37-24-28(34)29(35)26(3,4)27(29,38-24)20(2)32(28)39-25(33)31-22-17-16-21(30)19-23(22)36-5/h16-17,19-20,24,34-35H,6-15,18H2,1-5H3,(H,31,33)/t20-,24+,27+,28-,29+/m1/s1. The van der Waals surface area contributed by atoms with E-state index in [9.17, 15) is 15.0 Å². The van der Waals surface area contributed by atoms with Gasteiger partial charge in [0, 0.05) is 23.1 Å². The number of hydrogen-bond donors (Lipinski definition) is 3. The van der Waals surface area contributed by atoms with Crippen molar-refractivity contribution in [1.82, 2.24) is 5.06 Å². The maximum atomic E-state index is 12.9. The van der Waals surface area contributed by atoms with E-state index in [0.717, 1.165) is 24.3 Å². The number of methoxy groups -OCH3 is 1. The Kier molecular flexibility index (Phi) is 9.10. The molecule has 2 heterocycles. The summed E-state index contributed by atoms with van der Waals surface area (Å²) in [7, 11) is 1.46. The van der Waals surface area contributed by atoms with Crippen molar-refractivity contribution in [3.8, 4) is 5.75 Å². The highest BCUT2D eigenvalue weighted by atomic mass is 35.5. The normalized spacial score (nSPS) is 32.2. The molecule has 2 aliphatic heterocycles. The van der Waals surface area contributed by atoms with Crippen molar-refractivity contribution in [3.05, 3.63) is 23.2 Å². The van der Waals surface area contributed by atoms with Crippen LogP contribution in [0.15, 0.2) is 18.2 Å². The molecule has 5 atom stereocenters. The minimum atomic E-state index is -2.07. The molecule has 2 saturated heterocycles.